The molecule has 0 radical (unpaired) electrons. The van der Waals surface area contributed by atoms with E-state index in [2.05, 4.69) is 94.8 Å². The summed E-state index contributed by atoms with van der Waals surface area (Å²) < 4.78 is 12.2. The fourth-order valence-corrected chi connectivity index (χ4v) is 11.8. The smallest absolute Gasteiger partial charge is 0.423 e. The molecule has 7 heteroatoms. The Morgan fingerprint density at radius 2 is 1.10 bits per heavy atom. The standard InChI is InChI=1S/C35H16N4OS2/c1-3-15-17-11-36-13-23-25(17)29-27-21(41-23)7-5-19-31(27)35(38(9-1)33(15)29)32-20(40-19)6-8-22-28(32)30-26-18(12-37-14-24(26)42-22)16-4-2-10-39(35)34(16)30/h1-14,29-30H/q+2. The molecule has 0 fully saturated rings. The SMILES string of the molecule is c1cc2c3[n+](c1)C14c5c(ccc6c5C3c3c(cncc3-2)S6)Oc2ccc3c(c21)C1c2c(cncc2-c2ccc[n+]4c21)S3. The first-order valence-electron chi connectivity index (χ1n) is 14.3. The summed E-state index contributed by atoms with van der Waals surface area (Å²) in [5, 5.41) is 0. The molecule has 0 N–H and O–H groups in total. The van der Waals surface area contributed by atoms with Crippen LogP contribution in [0.4, 0.5) is 0 Å². The summed E-state index contributed by atoms with van der Waals surface area (Å²) in [6.07, 6.45) is 12.9. The second-order valence-electron chi connectivity index (χ2n) is 12.1. The van der Waals surface area contributed by atoms with E-state index < -0.39 is 5.66 Å². The van der Waals surface area contributed by atoms with Crippen molar-refractivity contribution in [2.75, 3.05) is 0 Å². The molecule has 42 heavy (non-hydrogen) atoms. The maximum atomic E-state index is 6.97. The summed E-state index contributed by atoms with van der Waals surface area (Å²) in [6, 6.07) is 18.0. The van der Waals surface area contributed by atoms with Gasteiger partial charge in [-0.2, -0.15) is 0 Å². The van der Waals surface area contributed by atoms with E-state index in [9.17, 15) is 0 Å². The van der Waals surface area contributed by atoms with Crippen molar-refractivity contribution in [2.45, 2.75) is 37.1 Å². The third-order valence-corrected chi connectivity index (χ3v) is 12.9. The van der Waals surface area contributed by atoms with Gasteiger partial charge in [-0.05, 0) is 47.5 Å². The van der Waals surface area contributed by atoms with Gasteiger partial charge in [-0.15, -0.1) is 9.13 Å². The molecule has 0 amide bonds. The third-order valence-electron chi connectivity index (χ3n) is 10.6. The number of benzene rings is 2. The molecule has 192 valence electrons. The molecule has 13 rings (SSSR count). The van der Waals surface area contributed by atoms with Gasteiger partial charge in [0, 0.05) is 78.8 Å². The number of hydrogen-bond acceptors (Lipinski definition) is 5. The van der Waals surface area contributed by atoms with Gasteiger partial charge in [-0.3, -0.25) is 9.97 Å². The predicted octanol–water partition coefficient (Wildman–Crippen LogP) is 6.33. The quantitative estimate of drug-likeness (QED) is 0.199. The lowest BCUT2D eigenvalue weighted by Crippen LogP contribution is -2.80. The van der Waals surface area contributed by atoms with Crippen LogP contribution in [0.2, 0.25) is 0 Å². The van der Waals surface area contributed by atoms with Crippen LogP contribution in [0.25, 0.3) is 22.3 Å². The number of pyridine rings is 4. The van der Waals surface area contributed by atoms with E-state index >= 15 is 0 Å². The summed E-state index contributed by atoms with van der Waals surface area (Å²) >= 11 is 3.73. The molecule has 2 unspecified atom stereocenters. The highest BCUT2D eigenvalue weighted by Crippen LogP contribution is 2.67. The Balaban J connectivity index is 1.32. The van der Waals surface area contributed by atoms with Crippen molar-refractivity contribution in [3.05, 3.63) is 130 Å². The Labute approximate surface area is 247 Å². The molecule has 7 aliphatic rings. The highest BCUT2D eigenvalue weighted by Gasteiger charge is 2.73. The maximum Gasteiger partial charge on any atom is 0.423 e. The fourth-order valence-electron chi connectivity index (χ4n) is 9.46. The molecule has 0 bridgehead atoms. The van der Waals surface area contributed by atoms with Crippen LogP contribution in [0.15, 0.2) is 105 Å². The number of aromatic nitrogens is 4. The first-order chi connectivity index (χ1) is 20.8. The first-order valence-corrected chi connectivity index (χ1v) is 15.9. The Bertz CT molecular complexity index is 2270. The summed E-state index contributed by atoms with van der Waals surface area (Å²) in [6.45, 7) is 0. The number of nitrogens with zero attached hydrogens (tertiary/aromatic N) is 4. The minimum absolute atomic E-state index is 0.160. The van der Waals surface area contributed by atoms with Gasteiger partial charge >= 0.3 is 5.66 Å². The lowest BCUT2D eigenvalue weighted by molar-refractivity contribution is -0.979. The van der Waals surface area contributed by atoms with Crippen molar-refractivity contribution in [1.82, 2.24) is 9.97 Å². The van der Waals surface area contributed by atoms with E-state index in [4.69, 9.17) is 14.7 Å². The molecule has 5 aliphatic heterocycles. The lowest BCUT2D eigenvalue weighted by atomic mass is 9.69. The van der Waals surface area contributed by atoms with E-state index in [-0.39, 0.29) is 11.8 Å². The zero-order valence-electron chi connectivity index (χ0n) is 21.8. The van der Waals surface area contributed by atoms with Crippen LogP contribution < -0.4 is 13.9 Å². The number of fused-ring (bicyclic) bond motifs is 2. The van der Waals surface area contributed by atoms with E-state index in [1.165, 1.54) is 86.6 Å². The molecule has 6 aromatic rings. The van der Waals surface area contributed by atoms with Gasteiger partial charge < -0.3 is 4.74 Å². The largest absolute Gasteiger partial charge is 0.456 e. The van der Waals surface area contributed by atoms with Crippen LogP contribution in [-0.4, -0.2) is 9.97 Å². The molecular formula is C35H16N4OS2+2. The van der Waals surface area contributed by atoms with Crippen LogP contribution in [0, 0.1) is 0 Å². The minimum Gasteiger partial charge on any atom is -0.456 e. The second-order valence-corrected chi connectivity index (χ2v) is 14.3. The molecule has 1 spiro atoms. The molecule has 0 saturated heterocycles. The monoisotopic (exact) mass is 572 g/mol. The zero-order chi connectivity index (χ0) is 26.6. The van der Waals surface area contributed by atoms with Gasteiger partial charge in [0.1, 0.15) is 22.6 Å². The van der Waals surface area contributed by atoms with Crippen molar-refractivity contribution in [3.63, 3.8) is 0 Å². The Morgan fingerprint density at radius 3 is 1.62 bits per heavy atom. The highest BCUT2D eigenvalue weighted by atomic mass is 32.2. The molecule has 2 aromatic carbocycles. The van der Waals surface area contributed by atoms with Crippen molar-refractivity contribution in [2.24, 2.45) is 0 Å². The Hall–Kier alpha value is -4.46. The van der Waals surface area contributed by atoms with Gasteiger partial charge in [-0.25, -0.2) is 0 Å². The van der Waals surface area contributed by atoms with Crippen molar-refractivity contribution in [1.29, 1.82) is 0 Å². The Morgan fingerprint density at radius 1 is 0.571 bits per heavy atom. The van der Waals surface area contributed by atoms with Gasteiger partial charge in [0.2, 0.25) is 11.4 Å². The van der Waals surface area contributed by atoms with Crippen molar-refractivity contribution in [3.8, 4) is 33.8 Å². The molecule has 2 atom stereocenters. The van der Waals surface area contributed by atoms with Gasteiger partial charge in [-0.1, -0.05) is 23.5 Å². The molecular weight excluding hydrogens is 557 g/mol. The van der Waals surface area contributed by atoms with Gasteiger partial charge in [0.15, 0.2) is 12.4 Å². The molecule has 4 aromatic heterocycles. The molecule has 2 aliphatic carbocycles. The van der Waals surface area contributed by atoms with Crippen LogP contribution in [0.1, 0.15) is 56.6 Å². The predicted molar refractivity (Wildman–Crippen MR) is 154 cm³/mol. The van der Waals surface area contributed by atoms with Gasteiger partial charge in [0.25, 0.3) is 0 Å². The second kappa shape index (κ2) is 6.16. The summed E-state index contributed by atoms with van der Waals surface area (Å²) in [5.41, 5.74) is 15.4. The number of ether oxygens (including phenoxy) is 1. The van der Waals surface area contributed by atoms with E-state index in [1.54, 1.807) is 0 Å². The normalized spacial score (nSPS) is 22.9. The minimum atomic E-state index is -0.621. The summed E-state index contributed by atoms with van der Waals surface area (Å²) in [5.74, 6) is 2.24. The van der Waals surface area contributed by atoms with E-state index in [0.717, 1.165) is 11.5 Å². The highest BCUT2D eigenvalue weighted by molar-refractivity contribution is 7.99. The van der Waals surface area contributed by atoms with Gasteiger partial charge in [0.05, 0.1) is 23.0 Å². The topological polar surface area (TPSA) is 42.8 Å². The Kier molecular flexibility index (Phi) is 3.00. The van der Waals surface area contributed by atoms with Crippen molar-refractivity contribution < 1.29 is 13.9 Å². The maximum absolute atomic E-state index is 6.97. The van der Waals surface area contributed by atoms with Crippen LogP contribution >= 0.6 is 23.5 Å². The first kappa shape index (κ1) is 20.4. The average molecular weight is 573 g/mol. The third kappa shape index (κ3) is 1.80. The van der Waals surface area contributed by atoms with Crippen LogP contribution in [-0.2, 0) is 5.66 Å². The van der Waals surface area contributed by atoms with Crippen LogP contribution in [0.5, 0.6) is 11.5 Å². The molecule has 0 saturated carbocycles. The summed E-state index contributed by atoms with van der Waals surface area (Å²) in [7, 11) is 0. The number of hydrogen-bond donors (Lipinski definition) is 0. The summed E-state index contributed by atoms with van der Waals surface area (Å²) in [4.78, 5) is 14.6. The zero-order valence-corrected chi connectivity index (χ0v) is 23.4. The molecule has 5 nitrogen and oxygen atoms in total. The lowest BCUT2D eigenvalue weighted by Gasteiger charge is -2.43. The number of rotatable bonds is 0. The molecule has 9 heterocycles. The van der Waals surface area contributed by atoms with Crippen LogP contribution in [0.3, 0.4) is 0 Å². The van der Waals surface area contributed by atoms with Crippen molar-refractivity contribution >= 4 is 23.5 Å². The average Bonchev–Trinajstić information content (AvgIpc) is 3.56. The van der Waals surface area contributed by atoms with E-state index in [0.29, 0.717) is 0 Å². The van der Waals surface area contributed by atoms with E-state index in [1.807, 2.05) is 23.5 Å². The fraction of sp³-hybridized carbons (Fsp3) is 0.0857.